The van der Waals surface area contributed by atoms with Crippen molar-refractivity contribution in [1.29, 1.82) is 0 Å². The van der Waals surface area contributed by atoms with Crippen molar-refractivity contribution in [2.45, 2.75) is 32.5 Å². The van der Waals surface area contributed by atoms with E-state index in [0.29, 0.717) is 0 Å². The molecule has 0 fully saturated rings. The number of hydrogen-bond acceptors (Lipinski definition) is 2. The first-order valence-electron chi connectivity index (χ1n) is 4.29. The quantitative estimate of drug-likeness (QED) is 0.709. The van der Waals surface area contributed by atoms with E-state index in [2.05, 4.69) is 32.2 Å². The van der Waals surface area contributed by atoms with Crippen molar-refractivity contribution < 1.29 is 5.02 Å². The molecule has 0 bridgehead atoms. The van der Waals surface area contributed by atoms with Crippen LogP contribution in [0.2, 0.25) is 0 Å². The molecule has 1 N–H and O–H groups in total. The molecule has 1 rings (SSSR count). The Labute approximate surface area is 78.7 Å². The van der Waals surface area contributed by atoms with Gasteiger partial charge in [0.25, 0.3) is 7.48 Å². The predicted octanol–water partition coefficient (Wildman–Crippen LogP) is 2.03. The maximum Gasteiger partial charge on any atom is 0.282 e. The van der Waals surface area contributed by atoms with Crippen molar-refractivity contribution in [2.24, 2.45) is 0 Å². The fourth-order valence-corrected chi connectivity index (χ4v) is 2.24. The minimum atomic E-state index is -0.0288. The van der Waals surface area contributed by atoms with E-state index >= 15 is 0 Å². The molecule has 0 aliphatic rings. The highest BCUT2D eigenvalue weighted by atomic mass is 32.1. The van der Waals surface area contributed by atoms with Crippen LogP contribution in [0.1, 0.15) is 30.7 Å². The second-order valence-electron chi connectivity index (χ2n) is 3.56. The van der Waals surface area contributed by atoms with E-state index in [1.54, 1.807) is 11.3 Å². The van der Waals surface area contributed by atoms with Gasteiger partial charge in [-0.15, -0.1) is 11.3 Å². The average molecular weight is 182 g/mol. The zero-order valence-corrected chi connectivity index (χ0v) is 8.74. The lowest BCUT2D eigenvalue weighted by atomic mass is 9.62. The zero-order chi connectivity index (χ0) is 9.19. The second-order valence-corrected chi connectivity index (χ2v) is 4.47. The van der Waals surface area contributed by atoms with Gasteiger partial charge in [0.15, 0.2) is 0 Å². The molecule has 0 saturated heterocycles. The van der Waals surface area contributed by atoms with Crippen LogP contribution in [0.15, 0.2) is 11.4 Å². The maximum atomic E-state index is 9.25. The van der Waals surface area contributed by atoms with Gasteiger partial charge in [-0.05, 0) is 23.9 Å². The number of thiophene rings is 1. The van der Waals surface area contributed by atoms with Gasteiger partial charge in [-0.2, -0.15) is 0 Å². The van der Waals surface area contributed by atoms with Crippen molar-refractivity contribution >= 4 is 18.8 Å². The van der Waals surface area contributed by atoms with Gasteiger partial charge < -0.3 is 5.02 Å². The Morgan fingerprint density at radius 3 is 2.67 bits per heavy atom. The number of hydrogen-bond donors (Lipinski definition) is 1. The molecule has 1 aromatic heterocycles. The summed E-state index contributed by atoms with van der Waals surface area (Å²) in [6.45, 7) is 6.32. The van der Waals surface area contributed by atoms with Crippen LogP contribution in [0.25, 0.3) is 0 Å². The molecule has 0 unspecified atom stereocenters. The Kier molecular flexibility index (Phi) is 2.96. The topological polar surface area (TPSA) is 20.2 Å². The van der Waals surface area contributed by atoms with Gasteiger partial charge in [-0.25, -0.2) is 0 Å². The summed E-state index contributed by atoms with van der Waals surface area (Å²) in [6, 6.07) is 2.17. The van der Waals surface area contributed by atoms with Gasteiger partial charge in [-0.1, -0.05) is 20.3 Å². The van der Waals surface area contributed by atoms with Crippen LogP contribution < -0.4 is 0 Å². The predicted molar refractivity (Wildman–Crippen MR) is 56.1 cm³/mol. The van der Waals surface area contributed by atoms with Crippen molar-refractivity contribution in [1.82, 2.24) is 0 Å². The van der Waals surface area contributed by atoms with Crippen molar-refractivity contribution in [3.8, 4) is 0 Å². The van der Waals surface area contributed by atoms with E-state index in [9.17, 15) is 5.02 Å². The van der Waals surface area contributed by atoms with Gasteiger partial charge in [0.1, 0.15) is 0 Å². The molecule has 0 aliphatic heterocycles. The number of rotatable bonds is 3. The highest BCUT2D eigenvalue weighted by Crippen LogP contribution is 2.30. The van der Waals surface area contributed by atoms with Gasteiger partial charge in [0.05, 0.1) is 0 Å². The van der Waals surface area contributed by atoms with E-state index in [4.69, 9.17) is 0 Å². The summed E-state index contributed by atoms with van der Waals surface area (Å²) in [5.74, 6) is 0. The lowest BCUT2D eigenvalue weighted by Crippen LogP contribution is -2.27. The van der Waals surface area contributed by atoms with Crippen LogP contribution >= 0.6 is 11.3 Å². The summed E-state index contributed by atoms with van der Waals surface area (Å²) in [7, 11) is 0.240. The molecule has 1 nitrogen and oxygen atoms in total. The van der Waals surface area contributed by atoms with Gasteiger partial charge in [0, 0.05) is 10.2 Å². The summed E-state index contributed by atoms with van der Waals surface area (Å²) >= 11 is 1.75. The van der Waals surface area contributed by atoms with Gasteiger partial charge in [0.2, 0.25) is 0 Å². The molecule has 66 valence electrons. The molecule has 0 aliphatic carbocycles. The maximum absolute atomic E-state index is 9.25. The van der Waals surface area contributed by atoms with Crippen LogP contribution in [0.5, 0.6) is 0 Å². The summed E-state index contributed by atoms with van der Waals surface area (Å²) in [6.07, 6.45) is 0.990. The lowest BCUT2D eigenvalue weighted by molar-refractivity contribution is 0.516. The van der Waals surface area contributed by atoms with Crippen molar-refractivity contribution in [3.05, 3.63) is 21.9 Å². The monoisotopic (exact) mass is 182 g/mol. The third-order valence-electron chi connectivity index (χ3n) is 2.45. The molecule has 1 atom stereocenters. The molecule has 0 aromatic carbocycles. The Balaban J connectivity index is 2.94. The Morgan fingerprint density at radius 1 is 1.67 bits per heavy atom. The summed E-state index contributed by atoms with van der Waals surface area (Å²) in [4.78, 5) is 1.30. The summed E-state index contributed by atoms with van der Waals surface area (Å²) < 4.78 is 0. The van der Waals surface area contributed by atoms with E-state index in [-0.39, 0.29) is 12.8 Å². The molecular weight excluding hydrogens is 167 g/mol. The highest BCUT2D eigenvalue weighted by molar-refractivity contribution is 7.10. The van der Waals surface area contributed by atoms with Crippen molar-refractivity contribution in [3.63, 3.8) is 0 Å². The average Bonchev–Trinajstić information content (AvgIpc) is 2.51. The minimum Gasteiger partial charge on any atom is -0.453 e. The molecule has 1 aromatic rings. The molecule has 0 saturated carbocycles. The third kappa shape index (κ3) is 1.72. The van der Waals surface area contributed by atoms with Gasteiger partial charge in [-0.3, -0.25) is 0 Å². The number of aryl methyl sites for hydroxylation is 1. The SMILES string of the molecule is CC[C@](C)(BO)c1cc(C)cs1. The van der Waals surface area contributed by atoms with E-state index in [0.717, 1.165) is 6.42 Å². The van der Waals surface area contributed by atoms with E-state index in [1.165, 1.54) is 10.4 Å². The molecule has 0 radical (unpaired) electrons. The molecule has 0 spiro atoms. The Morgan fingerprint density at radius 2 is 2.33 bits per heavy atom. The first-order chi connectivity index (χ1) is 5.62. The Hall–Kier alpha value is -0.275. The summed E-state index contributed by atoms with van der Waals surface area (Å²) in [5.41, 5.74) is 1.29. The normalized spacial score (nSPS) is 15.7. The molecule has 12 heavy (non-hydrogen) atoms. The van der Waals surface area contributed by atoms with Crippen LogP contribution in [-0.2, 0) is 5.31 Å². The molecule has 3 heteroatoms. The largest absolute Gasteiger partial charge is 0.453 e. The standard InChI is InChI=1S/C9H15BOS/c1-4-9(3,10-11)8-5-7(2)6-12-8/h5-6,10-11H,4H2,1-3H3/t9-/m0/s1. The first-order valence-corrected chi connectivity index (χ1v) is 5.17. The van der Waals surface area contributed by atoms with E-state index < -0.39 is 0 Å². The fourth-order valence-electron chi connectivity index (χ4n) is 1.11. The fraction of sp³-hybridized carbons (Fsp3) is 0.556. The first kappa shape index (κ1) is 9.81. The molecular formula is C9H15BOS. The summed E-state index contributed by atoms with van der Waals surface area (Å²) in [5, 5.41) is 11.4. The smallest absolute Gasteiger partial charge is 0.282 e. The molecule has 0 amide bonds. The third-order valence-corrected chi connectivity index (χ3v) is 3.81. The second kappa shape index (κ2) is 3.63. The molecule has 1 heterocycles. The van der Waals surface area contributed by atoms with Gasteiger partial charge >= 0.3 is 0 Å². The van der Waals surface area contributed by atoms with Crippen molar-refractivity contribution in [2.75, 3.05) is 0 Å². The van der Waals surface area contributed by atoms with E-state index in [1.807, 2.05) is 0 Å². The van der Waals surface area contributed by atoms with Crippen LogP contribution in [0.3, 0.4) is 0 Å². The minimum absolute atomic E-state index is 0.0288. The van der Waals surface area contributed by atoms with Crippen LogP contribution in [-0.4, -0.2) is 12.5 Å². The van der Waals surface area contributed by atoms with Crippen LogP contribution in [0.4, 0.5) is 0 Å². The Bertz CT molecular complexity index is 253. The lowest BCUT2D eigenvalue weighted by Gasteiger charge is -2.22. The van der Waals surface area contributed by atoms with Crippen LogP contribution in [0, 0.1) is 6.92 Å². The highest BCUT2D eigenvalue weighted by Gasteiger charge is 2.26. The zero-order valence-electron chi connectivity index (χ0n) is 7.92.